The topological polar surface area (TPSA) is 128 Å². The summed E-state index contributed by atoms with van der Waals surface area (Å²) in [7, 11) is -1.76. The Morgan fingerprint density at radius 3 is 2.51 bits per heavy atom. The van der Waals surface area contributed by atoms with Gasteiger partial charge in [0.15, 0.2) is 15.7 Å². The predicted molar refractivity (Wildman–Crippen MR) is 133 cm³/mol. The molecule has 1 atom stereocenters. The number of anilines is 2. The Labute approximate surface area is 212 Å². The molecule has 1 amide bonds. The van der Waals surface area contributed by atoms with Crippen LogP contribution in [0.5, 0.6) is 11.6 Å². The van der Waals surface area contributed by atoms with Crippen LogP contribution in [0.1, 0.15) is 35.9 Å². The van der Waals surface area contributed by atoms with Crippen LogP contribution in [0.3, 0.4) is 0 Å². The summed E-state index contributed by atoms with van der Waals surface area (Å²) in [5, 5.41) is 10.7. The summed E-state index contributed by atoms with van der Waals surface area (Å²) in [5.41, 5.74) is 0.168. The van der Waals surface area contributed by atoms with Gasteiger partial charge in [0.2, 0.25) is 11.7 Å². The van der Waals surface area contributed by atoms with Crippen molar-refractivity contribution >= 4 is 27.2 Å². The van der Waals surface area contributed by atoms with E-state index in [2.05, 4.69) is 25.7 Å². The molecule has 0 bridgehead atoms. The smallest absolute Gasteiger partial charge is 0.304 e. The zero-order valence-corrected chi connectivity index (χ0v) is 21.2. The highest BCUT2D eigenvalue weighted by atomic mass is 32.2. The zero-order valence-electron chi connectivity index (χ0n) is 20.4. The Morgan fingerprint density at radius 2 is 1.95 bits per heavy atom. The molecule has 1 aliphatic carbocycles. The number of nitrogens with zero attached hydrogens (tertiary/aromatic N) is 4. The van der Waals surface area contributed by atoms with Crippen LogP contribution >= 0.6 is 0 Å². The molecular formula is C24H26F2N6O4S. The van der Waals surface area contributed by atoms with Gasteiger partial charge in [-0.25, -0.2) is 13.4 Å². The van der Waals surface area contributed by atoms with Crippen LogP contribution in [0.25, 0.3) is 0 Å². The van der Waals surface area contributed by atoms with Crippen LogP contribution in [0.4, 0.5) is 20.3 Å². The standard InChI is InChI=1S/C24H26F2N6O4S/c1-24(25,26)23-30-20(28-16-13-27-32(2)14-16)19(22(31-23)36-17-7-5-4-6-8-17)21(33)29-18(15-9-10-15)11-12-37(3,34)35/h4-8,11-15,18H,9-10H2,1-3H3,(H,29,33)(H,28,30,31)/b12-11+/t18-/m1/s1. The normalized spacial score (nSPS) is 14.9. The number of nitrogens with one attached hydrogen (secondary N) is 2. The lowest BCUT2D eigenvalue weighted by Gasteiger charge is -2.20. The van der Waals surface area contributed by atoms with Crippen LogP contribution in [-0.4, -0.2) is 46.4 Å². The summed E-state index contributed by atoms with van der Waals surface area (Å²) in [4.78, 5) is 21.5. The Balaban J connectivity index is 1.81. The number of ether oxygens (including phenoxy) is 1. The third-order valence-electron chi connectivity index (χ3n) is 5.38. The fraction of sp³-hybridized carbons (Fsp3) is 0.333. The van der Waals surface area contributed by atoms with E-state index in [0.29, 0.717) is 12.6 Å². The number of hydrogen-bond donors (Lipinski definition) is 2. The molecule has 1 aliphatic rings. The van der Waals surface area contributed by atoms with Gasteiger partial charge >= 0.3 is 5.92 Å². The first kappa shape index (κ1) is 26.2. The molecule has 0 aliphatic heterocycles. The van der Waals surface area contributed by atoms with Crippen molar-refractivity contribution in [1.82, 2.24) is 25.1 Å². The van der Waals surface area contributed by atoms with E-state index in [4.69, 9.17) is 4.74 Å². The highest BCUT2D eigenvalue weighted by Crippen LogP contribution is 2.36. The van der Waals surface area contributed by atoms with E-state index in [-0.39, 0.29) is 28.9 Å². The molecule has 1 fully saturated rings. The van der Waals surface area contributed by atoms with Crippen molar-refractivity contribution in [1.29, 1.82) is 0 Å². The number of para-hydroxylation sites is 1. The molecule has 2 aromatic heterocycles. The molecule has 0 radical (unpaired) electrons. The molecule has 1 aromatic carbocycles. The van der Waals surface area contributed by atoms with Crippen LogP contribution in [-0.2, 0) is 22.8 Å². The average Bonchev–Trinajstić information content (AvgIpc) is 3.57. The number of rotatable bonds is 10. The van der Waals surface area contributed by atoms with E-state index in [9.17, 15) is 22.0 Å². The van der Waals surface area contributed by atoms with Gasteiger partial charge in [0.05, 0.1) is 17.9 Å². The lowest BCUT2D eigenvalue weighted by Crippen LogP contribution is -2.36. The zero-order chi connectivity index (χ0) is 26.8. The number of benzene rings is 1. The van der Waals surface area contributed by atoms with Crippen molar-refractivity contribution in [3.05, 3.63) is 65.6 Å². The van der Waals surface area contributed by atoms with Crippen LogP contribution < -0.4 is 15.4 Å². The van der Waals surface area contributed by atoms with Gasteiger partial charge in [-0.15, -0.1) is 0 Å². The predicted octanol–water partition coefficient (Wildman–Crippen LogP) is 3.92. The molecule has 13 heteroatoms. The third kappa shape index (κ3) is 7.09. The summed E-state index contributed by atoms with van der Waals surface area (Å²) < 4.78 is 59.3. The number of sulfone groups is 1. The van der Waals surface area contributed by atoms with Gasteiger partial charge in [0.1, 0.15) is 11.3 Å². The Hall–Kier alpha value is -3.87. The first-order chi connectivity index (χ1) is 17.4. The Morgan fingerprint density at radius 1 is 1.24 bits per heavy atom. The first-order valence-electron chi connectivity index (χ1n) is 11.4. The number of carbonyl (C=O) groups is 1. The summed E-state index contributed by atoms with van der Waals surface area (Å²) in [5.74, 6) is -5.31. The van der Waals surface area contributed by atoms with Crippen LogP contribution in [0.15, 0.2) is 54.2 Å². The summed E-state index contributed by atoms with van der Waals surface area (Å²) in [6.45, 7) is 0.640. The summed E-state index contributed by atoms with van der Waals surface area (Å²) >= 11 is 0. The van der Waals surface area contributed by atoms with Crippen LogP contribution in [0, 0.1) is 5.92 Å². The van der Waals surface area contributed by atoms with E-state index >= 15 is 0 Å². The number of amides is 1. The fourth-order valence-electron chi connectivity index (χ4n) is 3.46. The minimum absolute atomic E-state index is 0.0374. The molecule has 2 heterocycles. The number of aromatic nitrogens is 4. The van der Waals surface area contributed by atoms with Gasteiger partial charge in [-0.2, -0.15) is 18.9 Å². The van der Waals surface area contributed by atoms with Gasteiger partial charge in [0.25, 0.3) is 5.91 Å². The number of aryl methyl sites for hydroxylation is 1. The van der Waals surface area contributed by atoms with Gasteiger partial charge in [-0.3, -0.25) is 9.48 Å². The van der Waals surface area contributed by atoms with Gasteiger partial charge in [-0.1, -0.05) is 24.3 Å². The number of hydrogen-bond acceptors (Lipinski definition) is 8. The van der Waals surface area contributed by atoms with Gasteiger partial charge in [-0.05, 0) is 30.9 Å². The van der Waals surface area contributed by atoms with E-state index in [1.807, 2.05) is 0 Å². The molecule has 1 saturated carbocycles. The average molecular weight is 533 g/mol. The minimum atomic E-state index is -3.44. The molecule has 0 unspecified atom stereocenters. The van der Waals surface area contributed by atoms with Crippen molar-refractivity contribution in [2.75, 3.05) is 11.6 Å². The number of carbonyl (C=O) groups excluding carboxylic acids is 1. The quantitative estimate of drug-likeness (QED) is 0.402. The SMILES string of the molecule is Cn1cc(Nc2nc(C(C)(F)F)nc(Oc3ccccc3)c2C(=O)N[C@H](/C=C/S(C)(=O)=O)C2CC2)cn1. The molecule has 2 N–H and O–H groups in total. The minimum Gasteiger partial charge on any atom is -0.438 e. The first-order valence-corrected chi connectivity index (χ1v) is 13.3. The lowest BCUT2D eigenvalue weighted by atomic mass is 10.1. The molecule has 196 valence electrons. The van der Waals surface area contributed by atoms with Crippen molar-refractivity contribution in [2.45, 2.75) is 31.7 Å². The highest BCUT2D eigenvalue weighted by Gasteiger charge is 2.36. The maximum absolute atomic E-state index is 14.4. The largest absolute Gasteiger partial charge is 0.438 e. The maximum Gasteiger partial charge on any atom is 0.304 e. The van der Waals surface area contributed by atoms with Gasteiger partial charge < -0.3 is 15.4 Å². The molecule has 3 aromatic rings. The molecule has 0 spiro atoms. The summed E-state index contributed by atoms with van der Waals surface area (Å²) in [6, 6.07) is 7.67. The molecule has 4 rings (SSSR count). The van der Waals surface area contributed by atoms with E-state index < -0.39 is 33.5 Å². The molecular weight excluding hydrogens is 506 g/mol. The number of alkyl halides is 2. The second-order valence-corrected chi connectivity index (χ2v) is 10.8. The van der Waals surface area contributed by atoms with Crippen molar-refractivity contribution < 1.29 is 26.7 Å². The molecule has 37 heavy (non-hydrogen) atoms. The Bertz CT molecular complexity index is 1420. The fourth-order valence-corrected chi connectivity index (χ4v) is 3.91. The van der Waals surface area contributed by atoms with E-state index in [1.165, 1.54) is 17.0 Å². The van der Waals surface area contributed by atoms with Gasteiger partial charge in [0, 0.05) is 31.8 Å². The maximum atomic E-state index is 14.4. The van der Waals surface area contributed by atoms with Crippen molar-refractivity contribution in [3.63, 3.8) is 0 Å². The second kappa shape index (κ2) is 10.2. The van der Waals surface area contributed by atoms with Crippen molar-refractivity contribution in [2.24, 2.45) is 13.0 Å². The summed E-state index contributed by atoms with van der Waals surface area (Å²) in [6.07, 6.45) is 7.07. The van der Waals surface area contributed by atoms with Crippen molar-refractivity contribution in [3.8, 4) is 11.6 Å². The van der Waals surface area contributed by atoms with E-state index in [0.717, 1.165) is 24.5 Å². The Kier molecular flexibility index (Phi) is 7.25. The molecule has 10 nitrogen and oxygen atoms in total. The monoisotopic (exact) mass is 532 g/mol. The second-order valence-electron chi connectivity index (χ2n) is 8.90. The van der Waals surface area contributed by atoms with E-state index in [1.54, 1.807) is 43.6 Å². The highest BCUT2D eigenvalue weighted by molar-refractivity contribution is 7.93. The van der Waals surface area contributed by atoms with Crippen LogP contribution in [0.2, 0.25) is 0 Å². The number of halogens is 2. The molecule has 0 saturated heterocycles. The third-order valence-corrected chi connectivity index (χ3v) is 6.03. The lowest BCUT2D eigenvalue weighted by molar-refractivity contribution is 0.00725.